The monoisotopic (exact) mass is 396 g/mol. The minimum Gasteiger partial charge on any atom is -0.519 e. The molecule has 0 amide bonds. The second-order valence-electron chi connectivity index (χ2n) is 3.35. The Balaban J connectivity index is -0.000000270. The average molecular weight is 396 g/mol. The Labute approximate surface area is 150 Å². The molecule has 3 radical (unpaired) electrons. The van der Waals surface area contributed by atoms with Crippen LogP contribution in [-0.4, -0.2) is 11.2 Å². The van der Waals surface area contributed by atoms with E-state index in [9.17, 15) is 0 Å². The molecule has 1 aliphatic rings. The summed E-state index contributed by atoms with van der Waals surface area (Å²) in [6, 6.07) is 0. The van der Waals surface area contributed by atoms with E-state index in [-0.39, 0.29) is 109 Å². The molecule has 1 fully saturated rings. The topological polar surface area (TPSA) is 18.5 Å². The van der Waals surface area contributed by atoms with Gasteiger partial charge in [0.2, 0.25) is 0 Å². The van der Waals surface area contributed by atoms with Gasteiger partial charge in [-0.25, -0.2) is 0 Å². The van der Waals surface area contributed by atoms with Crippen molar-refractivity contribution in [3.63, 3.8) is 0 Å². The molecule has 1 heterocycles. The Morgan fingerprint density at radius 1 is 0.750 bits per heavy atom. The zero-order valence-electron chi connectivity index (χ0n) is 8.13. The fraction of sp³-hybridized carbons (Fsp3) is 0.857. The standard InChI is InChI=1S/C7H13O2.3Y/c1-6(2)7(3,4)9-5-8-6;;;/h5H,1-4H3;;;/q-1;;;. The third-order valence-corrected chi connectivity index (χ3v) is 2.14. The molecule has 0 aromatic carbocycles. The van der Waals surface area contributed by atoms with Crippen LogP contribution in [0.1, 0.15) is 27.7 Å². The van der Waals surface area contributed by atoms with Crippen molar-refractivity contribution in [3.05, 3.63) is 6.79 Å². The van der Waals surface area contributed by atoms with Crippen LogP contribution in [-0.2, 0) is 108 Å². The van der Waals surface area contributed by atoms with Gasteiger partial charge in [0.25, 0.3) is 0 Å². The van der Waals surface area contributed by atoms with E-state index >= 15 is 0 Å². The predicted octanol–water partition coefficient (Wildman–Crippen LogP) is 1.70. The minimum atomic E-state index is -0.188. The minimum absolute atomic E-state index is 0. The Bertz CT molecular complexity index is 112. The fourth-order valence-corrected chi connectivity index (χ4v) is 0.548. The van der Waals surface area contributed by atoms with Crippen LogP contribution in [0.25, 0.3) is 0 Å². The Kier molecular flexibility index (Phi) is 12.9. The van der Waals surface area contributed by atoms with Gasteiger partial charge in [-0.2, -0.15) is 0 Å². The van der Waals surface area contributed by atoms with Gasteiger partial charge in [0.05, 0.1) is 11.2 Å². The maximum absolute atomic E-state index is 5.21. The maximum atomic E-state index is 5.21. The van der Waals surface area contributed by atoms with Crippen molar-refractivity contribution in [3.8, 4) is 0 Å². The molecule has 2 nitrogen and oxygen atoms in total. The summed E-state index contributed by atoms with van der Waals surface area (Å²) in [5.41, 5.74) is -0.375. The summed E-state index contributed by atoms with van der Waals surface area (Å²) in [6.07, 6.45) is 0. The van der Waals surface area contributed by atoms with Gasteiger partial charge >= 0.3 is 0 Å². The molecule has 5 heteroatoms. The van der Waals surface area contributed by atoms with Crippen LogP contribution in [0.15, 0.2) is 0 Å². The van der Waals surface area contributed by atoms with E-state index in [1.165, 1.54) is 6.79 Å². The normalized spacial score (nSPS) is 23.0. The molecule has 63 valence electrons. The largest absolute Gasteiger partial charge is 0.519 e. The van der Waals surface area contributed by atoms with Gasteiger partial charge in [-0.15, -0.1) is 0 Å². The fourth-order valence-electron chi connectivity index (χ4n) is 0.548. The molecule has 0 aromatic rings. The van der Waals surface area contributed by atoms with Crippen LogP contribution in [0, 0.1) is 6.79 Å². The first-order valence-corrected chi connectivity index (χ1v) is 3.13. The first-order valence-electron chi connectivity index (χ1n) is 3.13. The van der Waals surface area contributed by atoms with Crippen LogP contribution in [0.2, 0.25) is 0 Å². The van der Waals surface area contributed by atoms with Crippen LogP contribution >= 0.6 is 0 Å². The van der Waals surface area contributed by atoms with Gasteiger partial charge in [-0.1, -0.05) is 6.79 Å². The molecular weight excluding hydrogens is 383 g/mol. The van der Waals surface area contributed by atoms with Crippen LogP contribution in [0.4, 0.5) is 0 Å². The first-order chi connectivity index (χ1) is 3.96. The molecule has 12 heavy (non-hydrogen) atoms. The van der Waals surface area contributed by atoms with E-state index in [4.69, 9.17) is 9.47 Å². The van der Waals surface area contributed by atoms with Crippen LogP contribution in [0.5, 0.6) is 0 Å². The molecule has 1 aliphatic heterocycles. The Morgan fingerprint density at radius 2 is 1.00 bits per heavy atom. The molecule has 1 rings (SSSR count). The Morgan fingerprint density at radius 3 is 1.08 bits per heavy atom. The van der Waals surface area contributed by atoms with Crippen molar-refractivity contribution in [2.75, 3.05) is 0 Å². The van der Waals surface area contributed by atoms with Gasteiger partial charge < -0.3 is 9.47 Å². The molecule has 0 saturated carbocycles. The van der Waals surface area contributed by atoms with Gasteiger partial charge in [0, 0.05) is 98.1 Å². The summed E-state index contributed by atoms with van der Waals surface area (Å²) in [5, 5.41) is 0. The molecular formula is C7H13O2Y3-. The third kappa shape index (κ3) is 4.84. The zero-order chi connectivity index (χ0) is 7.12. The number of rotatable bonds is 0. The zero-order valence-corrected chi connectivity index (χ0v) is 16.6. The smallest absolute Gasteiger partial charge is 0.0572 e. The summed E-state index contributed by atoms with van der Waals surface area (Å²) in [7, 11) is 0. The summed E-state index contributed by atoms with van der Waals surface area (Å²) in [5.74, 6) is 0. The van der Waals surface area contributed by atoms with Crippen molar-refractivity contribution >= 4 is 0 Å². The predicted molar refractivity (Wildman–Crippen MR) is 34.6 cm³/mol. The van der Waals surface area contributed by atoms with E-state index in [1.54, 1.807) is 0 Å². The Hall–Kier alpha value is 3.23. The number of ether oxygens (including phenoxy) is 2. The van der Waals surface area contributed by atoms with Crippen LogP contribution in [0.3, 0.4) is 0 Å². The van der Waals surface area contributed by atoms with E-state index in [2.05, 4.69) is 0 Å². The van der Waals surface area contributed by atoms with Crippen molar-refractivity contribution in [2.24, 2.45) is 0 Å². The van der Waals surface area contributed by atoms with Crippen molar-refractivity contribution in [1.82, 2.24) is 0 Å². The maximum Gasteiger partial charge on any atom is 0.0572 e. The molecule has 0 spiro atoms. The van der Waals surface area contributed by atoms with Crippen molar-refractivity contribution in [2.45, 2.75) is 38.9 Å². The summed E-state index contributed by atoms with van der Waals surface area (Å²) >= 11 is 0. The summed E-state index contributed by atoms with van der Waals surface area (Å²) < 4.78 is 10.4. The SMILES string of the molecule is CC1(C)O[CH-]OC1(C)C.[Y].[Y].[Y]. The van der Waals surface area contributed by atoms with E-state index in [1.807, 2.05) is 27.7 Å². The molecule has 0 N–H and O–H groups in total. The number of hydrogen-bond acceptors (Lipinski definition) is 2. The van der Waals surface area contributed by atoms with Crippen LogP contribution < -0.4 is 0 Å². The molecule has 0 aliphatic carbocycles. The van der Waals surface area contributed by atoms with Gasteiger partial charge in [-0.05, 0) is 27.7 Å². The quantitative estimate of drug-likeness (QED) is 0.581. The first kappa shape index (κ1) is 20.6. The van der Waals surface area contributed by atoms with Crippen molar-refractivity contribution in [1.29, 1.82) is 0 Å². The van der Waals surface area contributed by atoms with Gasteiger partial charge in [-0.3, -0.25) is 0 Å². The third-order valence-electron chi connectivity index (χ3n) is 2.14. The number of hydrogen-bond donors (Lipinski definition) is 0. The van der Waals surface area contributed by atoms with Gasteiger partial charge in [0.1, 0.15) is 0 Å². The summed E-state index contributed by atoms with van der Waals surface area (Å²) in [6.45, 7) is 9.46. The van der Waals surface area contributed by atoms with E-state index in [0.717, 1.165) is 0 Å². The summed E-state index contributed by atoms with van der Waals surface area (Å²) in [4.78, 5) is 0. The molecule has 0 atom stereocenters. The van der Waals surface area contributed by atoms with E-state index < -0.39 is 0 Å². The van der Waals surface area contributed by atoms with Crippen molar-refractivity contribution < 1.29 is 108 Å². The van der Waals surface area contributed by atoms with Gasteiger partial charge in [0.15, 0.2) is 0 Å². The molecule has 1 saturated heterocycles. The molecule has 0 unspecified atom stereocenters. The van der Waals surface area contributed by atoms with E-state index in [0.29, 0.717) is 0 Å². The molecule has 0 aromatic heterocycles. The second kappa shape index (κ2) is 7.50. The average Bonchev–Trinajstić information content (AvgIpc) is 1.81. The second-order valence-corrected chi connectivity index (χ2v) is 3.35. The molecule has 0 bridgehead atoms.